The molecule has 4 rings (SSSR count). The second kappa shape index (κ2) is 4.17. The predicted molar refractivity (Wildman–Crippen MR) is 86.0 cm³/mol. The molecule has 8 heteroatoms. The summed E-state index contributed by atoms with van der Waals surface area (Å²) in [7, 11) is 4.23. The SMILES string of the molecule is COC1(OC)N=C(N)[C@@]2(C#N)[C@@]3(C(=O)N(C)c4ccccc43)[C@@]12C#N. The van der Waals surface area contributed by atoms with Crippen molar-refractivity contribution in [3.63, 3.8) is 0 Å². The lowest BCUT2D eigenvalue weighted by Crippen LogP contribution is -2.48. The molecule has 0 unspecified atom stereocenters. The van der Waals surface area contributed by atoms with Gasteiger partial charge >= 0.3 is 0 Å². The molecule has 1 saturated carbocycles. The monoisotopic (exact) mass is 337 g/mol. The van der Waals surface area contributed by atoms with Crippen LogP contribution in [0.2, 0.25) is 0 Å². The van der Waals surface area contributed by atoms with Crippen LogP contribution in [0.15, 0.2) is 29.3 Å². The van der Waals surface area contributed by atoms with E-state index in [1.54, 1.807) is 31.3 Å². The lowest BCUT2D eigenvalue weighted by atomic mass is 9.84. The summed E-state index contributed by atoms with van der Waals surface area (Å²) in [6, 6.07) is 11.3. The Bertz CT molecular complexity index is 940. The van der Waals surface area contributed by atoms with Crippen LogP contribution in [0.4, 0.5) is 5.69 Å². The lowest BCUT2D eigenvalue weighted by molar-refractivity contribution is -0.233. The summed E-state index contributed by atoms with van der Waals surface area (Å²) in [5.41, 5.74) is 2.41. The largest absolute Gasteiger partial charge is 0.386 e. The van der Waals surface area contributed by atoms with Gasteiger partial charge in [-0.15, -0.1) is 0 Å². The van der Waals surface area contributed by atoms with Crippen LogP contribution >= 0.6 is 0 Å². The molecule has 126 valence electrons. The smallest absolute Gasteiger partial charge is 0.293 e. The van der Waals surface area contributed by atoms with Crippen molar-refractivity contribution in [2.75, 3.05) is 26.2 Å². The van der Waals surface area contributed by atoms with Crippen LogP contribution in [0.5, 0.6) is 0 Å². The van der Waals surface area contributed by atoms with Crippen molar-refractivity contribution in [2.24, 2.45) is 21.6 Å². The van der Waals surface area contributed by atoms with Gasteiger partial charge in [-0.25, -0.2) is 4.99 Å². The second-order valence-electron chi connectivity index (χ2n) is 6.34. The summed E-state index contributed by atoms with van der Waals surface area (Å²) < 4.78 is 10.9. The maximum absolute atomic E-state index is 13.4. The molecule has 2 N–H and O–H groups in total. The highest BCUT2D eigenvalue weighted by atomic mass is 16.7. The van der Waals surface area contributed by atoms with Gasteiger partial charge in [0.25, 0.3) is 5.91 Å². The van der Waals surface area contributed by atoms with E-state index in [0.717, 1.165) is 0 Å². The number of likely N-dealkylation sites (N-methyl/N-ethyl adjacent to an activating group) is 1. The van der Waals surface area contributed by atoms with E-state index in [2.05, 4.69) is 17.1 Å². The van der Waals surface area contributed by atoms with Gasteiger partial charge in [-0.2, -0.15) is 10.5 Å². The quantitative estimate of drug-likeness (QED) is 0.771. The van der Waals surface area contributed by atoms with Crippen LogP contribution < -0.4 is 10.6 Å². The van der Waals surface area contributed by atoms with Gasteiger partial charge in [-0.3, -0.25) is 4.79 Å². The minimum absolute atomic E-state index is 0.126. The zero-order chi connectivity index (χ0) is 18.3. The van der Waals surface area contributed by atoms with E-state index in [-0.39, 0.29) is 5.84 Å². The van der Waals surface area contributed by atoms with Gasteiger partial charge in [0.1, 0.15) is 11.3 Å². The molecule has 2 aliphatic heterocycles. The number of amides is 1. The maximum atomic E-state index is 13.4. The minimum Gasteiger partial charge on any atom is -0.386 e. The molecule has 2 heterocycles. The topological polar surface area (TPSA) is 125 Å². The third-order valence-corrected chi connectivity index (χ3v) is 5.93. The minimum atomic E-state index is -1.84. The number of rotatable bonds is 2. The fourth-order valence-electron chi connectivity index (χ4n) is 4.98. The Balaban J connectivity index is 2.17. The summed E-state index contributed by atoms with van der Waals surface area (Å²) in [6.07, 6.45) is 0. The highest BCUT2D eigenvalue weighted by molar-refractivity contribution is 6.21. The van der Waals surface area contributed by atoms with Crippen molar-refractivity contribution < 1.29 is 14.3 Å². The van der Waals surface area contributed by atoms with Crippen molar-refractivity contribution in [1.29, 1.82) is 10.5 Å². The number of carbonyl (C=O) groups is 1. The Morgan fingerprint density at radius 3 is 2.40 bits per heavy atom. The van der Waals surface area contributed by atoms with Crippen LogP contribution in [0, 0.1) is 33.5 Å². The Labute approximate surface area is 144 Å². The number of aliphatic imine (C=N–C) groups is 1. The van der Waals surface area contributed by atoms with Gasteiger partial charge in [0, 0.05) is 27.0 Å². The fraction of sp³-hybridized carbons (Fsp3) is 0.412. The molecule has 1 amide bonds. The highest BCUT2D eigenvalue weighted by Crippen LogP contribution is 2.87. The Morgan fingerprint density at radius 2 is 1.84 bits per heavy atom. The molecule has 3 aliphatic rings. The fourth-order valence-corrected chi connectivity index (χ4v) is 4.98. The first kappa shape index (κ1) is 15.6. The van der Waals surface area contributed by atoms with Gasteiger partial charge in [0.05, 0.1) is 12.1 Å². The number of amidine groups is 1. The first-order valence-electron chi connectivity index (χ1n) is 7.58. The van der Waals surface area contributed by atoms with E-state index in [4.69, 9.17) is 15.2 Å². The standard InChI is InChI=1S/C17H15N5O3/c1-22-11-7-5-4-6-10(11)16(13(22)23)14(8-18)12(20)21-17(24-2,25-3)15(14,16)9-19/h4-7H,1-3H3,(H2,20,21)/t14-,15+,16-/m1/s1. The van der Waals surface area contributed by atoms with E-state index in [1.165, 1.54) is 19.1 Å². The second-order valence-corrected chi connectivity index (χ2v) is 6.34. The molecule has 1 aromatic rings. The maximum Gasteiger partial charge on any atom is 0.293 e. The Kier molecular flexibility index (Phi) is 2.60. The van der Waals surface area contributed by atoms with Gasteiger partial charge in [0.15, 0.2) is 10.8 Å². The summed E-state index contributed by atoms with van der Waals surface area (Å²) in [5, 5.41) is 20.2. The molecular weight excluding hydrogens is 322 g/mol. The molecule has 1 fully saturated rings. The van der Waals surface area contributed by atoms with Crippen molar-refractivity contribution in [2.45, 2.75) is 11.3 Å². The third kappa shape index (κ3) is 1.06. The molecule has 0 radical (unpaired) electrons. The van der Waals surface area contributed by atoms with E-state index in [9.17, 15) is 15.3 Å². The Hall–Kier alpha value is -2.94. The molecule has 1 spiro atoms. The number of hydrogen-bond acceptors (Lipinski definition) is 7. The number of nitriles is 2. The third-order valence-electron chi connectivity index (χ3n) is 5.93. The van der Waals surface area contributed by atoms with Gasteiger partial charge in [0.2, 0.25) is 5.91 Å². The molecule has 1 aromatic carbocycles. The number of benzene rings is 1. The van der Waals surface area contributed by atoms with Crippen LogP contribution in [0.25, 0.3) is 0 Å². The van der Waals surface area contributed by atoms with Crippen molar-refractivity contribution in [3.05, 3.63) is 29.8 Å². The van der Waals surface area contributed by atoms with Crippen LogP contribution in [0.3, 0.4) is 0 Å². The van der Waals surface area contributed by atoms with E-state index < -0.39 is 28.1 Å². The normalized spacial score (nSPS) is 36.4. The number of ether oxygens (including phenoxy) is 2. The Morgan fingerprint density at radius 1 is 1.20 bits per heavy atom. The first-order valence-corrected chi connectivity index (χ1v) is 7.58. The van der Waals surface area contributed by atoms with Crippen LogP contribution in [-0.2, 0) is 19.7 Å². The van der Waals surface area contributed by atoms with E-state index >= 15 is 0 Å². The lowest BCUT2D eigenvalue weighted by Gasteiger charge is -2.31. The summed E-state index contributed by atoms with van der Waals surface area (Å²) >= 11 is 0. The van der Waals surface area contributed by atoms with Crippen LogP contribution in [0.1, 0.15) is 5.56 Å². The zero-order valence-electron chi connectivity index (χ0n) is 13.9. The van der Waals surface area contributed by atoms with Crippen molar-refractivity contribution in [3.8, 4) is 12.1 Å². The average Bonchev–Trinajstić information content (AvgIpc) is 3.05. The van der Waals surface area contributed by atoms with Gasteiger partial charge in [-0.05, 0) is 11.6 Å². The van der Waals surface area contributed by atoms with Crippen LogP contribution in [-0.4, -0.2) is 38.9 Å². The van der Waals surface area contributed by atoms with E-state index in [0.29, 0.717) is 11.3 Å². The number of carbonyl (C=O) groups excluding carboxylic acids is 1. The summed E-state index contributed by atoms with van der Waals surface area (Å²) in [4.78, 5) is 19.0. The zero-order valence-corrected chi connectivity index (χ0v) is 13.9. The molecule has 0 aromatic heterocycles. The average molecular weight is 337 g/mol. The van der Waals surface area contributed by atoms with Crippen molar-refractivity contribution in [1.82, 2.24) is 0 Å². The summed E-state index contributed by atoms with van der Waals surface area (Å²) in [5.74, 6) is -2.36. The molecule has 8 nitrogen and oxygen atoms in total. The molecular formula is C17H15N5O3. The number of fused-ring (bicyclic) bond motifs is 5. The molecule has 1 aliphatic carbocycles. The summed E-state index contributed by atoms with van der Waals surface area (Å²) in [6.45, 7) is 0. The van der Waals surface area contributed by atoms with Gasteiger partial charge in [-0.1, -0.05) is 18.2 Å². The number of para-hydroxylation sites is 1. The number of methoxy groups -OCH3 is 2. The van der Waals surface area contributed by atoms with E-state index in [1.807, 2.05) is 0 Å². The molecule has 3 atom stereocenters. The number of nitrogens with zero attached hydrogens (tertiary/aromatic N) is 4. The first-order chi connectivity index (χ1) is 11.9. The predicted octanol–water partition coefficient (Wildman–Crippen LogP) is 0.252. The van der Waals surface area contributed by atoms with Crippen molar-refractivity contribution >= 4 is 17.4 Å². The molecule has 25 heavy (non-hydrogen) atoms. The molecule has 0 bridgehead atoms. The van der Waals surface area contributed by atoms with Gasteiger partial charge < -0.3 is 20.1 Å². The number of anilines is 1. The highest BCUT2D eigenvalue weighted by Gasteiger charge is 3.05. The number of hydrogen-bond donors (Lipinski definition) is 1. The molecule has 0 saturated heterocycles. The number of nitrogens with two attached hydrogens (primary N) is 1.